The molecule has 0 spiro atoms. The van der Waals surface area contributed by atoms with Gasteiger partial charge in [0.25, 0.3) is 0 Å². The fourth-order valence-electron chi connectivity index (χ4n) is 7.49. The van der Waals surface area contributed by atoms with E-state index >= 15 is 0 Å². The minimum atomic E-state index is -0.951. The molecule has 5 heterocycles. The first kappa shape index (κ1) is 69.2. The molecular weight excluding hydrogens is 1030 g/mol. The van der Waals surface area contributed by atoms with Crippen molar-refractivity contribution < 1.29 is 101 Å². The van der Waals surface area contributed by atoms with Crippen molar-refractivity contribution >= 4 is 63.5 Å². The Bertz CT molecular complexity index is 1380. The summed E-state index contributed by atoms with van der Waals surface area (Å²) in [6, 6.07) is 0. The highest BCUT2D eigenvalue weighted by Gasteiger charge is 2.34. The summed E-state index contributed by atoms with van der Waals surface area (Å²) in [4.78, 5) is 89.1. The van der Waals surface area contributed by atoms with Crippen LogP contribution in [-0.2, 0) is 90.5 Å². The molecule has 5 atom stereocenters. The molecule has 5 aliphatic heterocycles. The lowest BCUT2D eigenvalue weighted by atomic mass is 9.90. The topological polar surface area (TPSA) is 279 Å². The molecule has 0 saturated carbocycles. The third-order valence-electron chi connectivity index (χ3n) is 11.2. The summed E-state index contributed by atoms with van der Waals surface area (Å²) < 4.78 is 54.6. The van der Waals surface area contributed by atoms with E-state index in [4.69, 9.17) is 52.8 Å². The van der Waals surface area contributed by atoms with Gasteiger partial charge in [-0.05, 0) is 124 Å². The van der Waals surface area contributed by atoms with Crippen LogP contribution in [0.15, 0.2) is 0 Å². The maximum absolute atomic E-state index is 11.8. The normalized spacial score (nSPS) is 21.3. The molecule has 2 N–H and O–H groups in total. The number of carboxylic acid groups (broad SMARTS) is 1. The van der Waals surface area contributed by atoms with Crippen LogP contribution in [0.4, 0.5) is 0 Å². The Morgan fingerprint density at radius 3 is 1.10 bits per heavy atom. The number of aliphatic hydroxyl groups excluding tert-OH is 1. The smallest absolute Gasteiger partial charge is 0.320 e. The molecule has 5 rings (SSSR count). The molecule has 0 bridgehead atoms. The Balaban J connectivity index is 0.000000879. The molecule has 0 aromatic rings. The Morgan fingerprint density at radius 1 is 0.521 bits per heavy atom. The second kappa shape index (κ2) is 45.6. The zero-order valence-corrected chi connectivity index (χ0v) is 45.9. The van der Waals surface area contributed by atoms with Crippen LogP contribution in [0.2, 0.25) is 0 Å². The molecule has 5 aliphatic rings. The largest absolute Gasteiger partial charge is 0.481 e. The molecule has 0 amide bonds. The maximum Gasteiger partial charge on any atom is 0.320 e. The number of alkyl halides is 1. The lowest BCUT2D eigenvalue weighted by molar-refractivity contribution is -0.164. The van der Waals surface area contributed by atoms with Crippen molar-refractivity contribution in [1.29, 1.82) is 0 Å². The monoisotopic (exact) mass is 1110 g/mol. The van der Waals surface area contributed by atoms with Gasteiger partial charge in [-0.25, -0.2) is 0 Å². The Kier molecular flexibility index (Phi) is 43.2. The first-order valence-corrected chi connectivity index (χ1v) is 27.0. The van der Waals surface area contributed by atoms with Gasteiger partial charge in [-0.1, -0.05) is 15.9 Å². The molecule has 5 unspecified atom stereocenters. The summed E-state index contributed by atoms with van der Waals surface area (Å²) in [5, 5.41) is 18.1. The van der Waals surface area contributed by atoms with Crippen molar-refractivity contribution in [3.63, 3.8) is 0 Å². The fourth-order valence-corrected chi connectivity index (χ4v) is 8.00. The van der Waals surface area contributed by atoms with Crippen molar-refractivity contribution in [2.75, 3.05) is 118 Å². The quantitative estimate of drug-likeness (QED) is 0.0700. The Morgan fingerprint density at radius 2 is 0.863 bits per heavy atom. The van der Waals surface area contributed by atoms with Gasteiger partial charge in [-0.3, -0.25) is 38.4 Å². The zero-order valence-electron chi connectivity index (χ0n) is 44.3. The maximum atomic E-state index is 11.8. The van der Waals surface area contributed by atoms with Crippen LogP contribution >= 0.6 is 15.9 Å². The first-order valence-electron chi connectivity index (χ1n) is 25.9. The van der Waals surface area contributed by atoms with Crippen molar-refractivity contribution in [3.05, 3.63) is 0 Å². The van der Waals surface area contributed by atoms with Crippen LogP contribution in [0.5, 0.6) is 0 Å². The fraction of sp³-hybridized carbons (Fsp3) is 0.843. The van der Waals surface area contributed by atoms with Gasteiger partial charge < -0.3 is 62.3 Å². The van der Waals surface area contributed by atoms with E-state index < -0.39 is 59.5 Å². The third-order valence-corrected chi connectivity index (χ3v) is 12.1. The summed E-state index contributed by atoms with van der Waals surface area (Å²) in [5.74, 6) is -4.66. The number of halogens is 1. The number of aliphatic hydroxyl groups is 1. The van der Waals surface area contributed by atoms with E-state index in [1.807, 2.05) is 0 Å². The van der Waals surface area contributed by atoms with Crippen LogP contribution in [-0.4, -0.2) is 175 Å². The van der Waals surface area contributed by atoms with Gasteiger partial charge in [0.15, 0.2) is 17.6 Å². The number of hydrogen-bond acceptors (Lipinski definition) is 20. The summed E-state index contributed by atoms with van der Waals surface area (Å²) in [6.07, 6.45) is 9.49. The minimum Gasteiger partial charge on any atom is -0.481 e. The standard InChI is InChI=1S/2C13H22O5.C7H12O4.C6H11BrO.C6H8O4.C6H12O2/c2*1-3-17-12(14)11(13(15)18-4-2)8-10-6-5-7-16-9-10;1-3-10-6(8)5-7(9)11-4-2;7-4-6-2-1-3-8-5-6;7-5-1-4(6(8)9)2-10-3-5;7-4-6-2-1-3-8-5-6/h2*10-11H,3-9H2,1-2H3;3-5H2,1-2H3;6H,1-5H2;4H,1-3H2,(H,8,9);6-7H,1-5H2. The zero-order chi connectivity index (χ0) is 54.7. The second-order valence-electron chi connectivity index (χ2n) is 17.3. The Labute approximate surface area is 440 Å². The summed E-state index contributed by atoms with van der Waals surface area (Å²) in [5.41, 5.74) is 0. The number of hydrogen-bond donors (Lipinski definition) is 2. The average Bonchev–Trinajstić information content (AvgIpc) is 3.39. The number of carbonyl (C=O) groups is 8. The number of carbonyl (C=O) groups excluding carboxylic acids is 7. The first-order chi connectivity index (χ1) is 35.1. The molecule has 73 heavy (non-hydrogen) atoms. The van der Waals surface area contributed by atoms with Gasteiger partial charge in [-0.15, -0.1) is 0 Å². The van der Waals surface area contributed by atoms with Crippen molar-refractivity contribution in [1.82, 2.24) is 0 Å². The molecule has 0 aliphatic carbocycles. The van der Waals surface area contributed by atoms with Gasteiger partial charge in [0.2, 0.25) is 0 Å². The molecule has 22 heteroatoms. The van der Waals surface area contributed by atoms with E-state index in [-0.39, 0.29) is 83.3 Å². The van der Waals surface area contributed by atoms with Crippen LogP contribution in [0.25, 0.3) is 0 Å². The number of Topliss-reactive ketones (excluding diaryl/α,β-unsaturated/α-hetero) is 1. The van der Waals surface area contributed by atoms with Gasteiger partial charge in [0.1, 0.15) is 13.0 Å². The van der Waals surface area contributed by atoms with Crippen LogP contribution < -0.4 is 0 Å². The lowest BCUT2D eigenvalue weighted by Gasteiger charge is -2.24. The SMILES string of the molecule is BrCC1CCCOC1.CCOC(=O)C(CC1CCCOC1)C(=O)OCC.CCOC(=O)C(CC1CCCOC1)C(=O)OCC.CCOC(=O)CC(=O)OCC.O=C1COCC(C(=O)O)C1.OCC1CCCOC1. The average molecular weight is 1120 g/mol. The molecule has 424 valence electrons. The number of aliphatic carboxylic acids is 1. The highest BCUT2D eigenvalue weighted by Crippen LogP contribution is 2.25. The summed E-state index contributed by atoms with van der Waals surface area (Å²) >= 11 is 3.43. The van der Waals surface area contributed by atoms with E-state index in [9.17, 15) is 38.4 Å². The van der Waals surface area contributed by atoms with Crippen LogP contribution in [0, 0.1) is 41.4 Å². The van der Waals surface area contributed by atoms with E-state index in [2.05, 4.69) is 25.4 Å². The molecule has 0 aromatic heterocycles. The highest BCUT2D eigenvalue weighted by molar-refractivity contribution is 9.09. The number of ketones is 1. The lowest BCUT2D eigenvalue weighted by Crippen LogP contribution is -2.32. The van der Waals surface area contributed by atoms with E-state index in [0.29, 0.717) is 38.6 Å². The highest BCUT2D eigenvalue weighted by atomic mass is 79.9. The van der Waals surface area contributed by atoms with Crippen molar-refractivity contribution in [2.45, 2.75) is 119 Å². The predicted octanol–water partition coefficient (Wildman–Crippen LogP) is 5.48. The molecule has 5 fully saturated rings. The van der Waals surface area contributed by atoms with E-state index in [1.165, 1.54) is 12.8 Å². The molecule has 21 nitrogen and oxygen atoms in total. The molecule has 5 saturated heterocycles. The van der Waals surface area contributed by atoms with Gasteiger partial charge in [-0.2, -0.15) is 0 Å². The van der Waals surface area contributed by atoms with E-state index in [1.54, 1.807) is 41.5 Å². The van der Waals surface area contributed by atoms with Crippen molar-refractivity contribution in [2.24, 2.45) is 41.4 Å². The molecular formula is C51H87BrO21. The van der Waals surface area contributed by atoms with Gasteiger partial charge in [0, 0.05) is 63.9 Å². The number of carboxylic acids is 1. The van der Waals surface area contributed by atoms with E-state index in [0.717, 1.165) is 89.4 Å². The Hall–Kier alpha value is -3.80. The second-order valence-corrected chi connectivity index (χ2v) is 18.0. The minimum absolute atomic E-state index is 0.0732. The predicted molar refractivity (Wildman–Crippen MR) is 267 cm³/mol. The number of rotatable bonds is 19. The van der Waals surface area contributed by atoms with Crippen LogP contribution in [0.3, 0.4) is 0 Å². The summed E-state index contributed by atoms with van der Waals surface area (Å²) in [6.45, 7) is 18.8. The number of esters is 6. The molecule has 0 aromatic carbocycles. The molecule has 0 radical (unpaired) electrons. The number of ether oxygens (including phenoxy) is 11. The van der Waals surface area contributed by atoms with Gasteiger partial charge in [0.05, 0.1) is 65.4 Å². The third kappa shape index (κ3) is 35.2. The van der Waals surface area contributed by atoms with Crippen LogP contribution in [0.1, 0.15) is 119 Å². The van der Waals surface area contributed by atoms with Gasteiger partial charge >= 0.3 is 41.8 Å². The van der Waals surface area contributed by atoms with Crippen molar-refractivity contribution in [3.8, 4) is 0 Å². The summed E-state index contributed by atoms with van der Waals surface area (Å²) in [7, 11) is 0.